The molecule has 78 valence electrons. The van der Waals surface area contributed by atoms with Crippen LogP contribution in [0.3, 0.4) is 0 Å². The van der Waals surface area contributed by atoms with Crippen LogP contribution in [0.5, 0.6) is 0 Å². The average Bonchev–Trinajstić information content (AvgIpc) is 1.60. The van der Waals surface area contributed by atoms with E-state index in [9.17, 15) is 0 Å². The maximum absolute atomic E-state index is 7.00. The van der Waals surface area contributed by atoms with Gasteiger partial charge in [-0.25, -0.2) is 0 Å². The molecule has 0 aliphatic rings. The lowest BCUT2D eigenvalue weighted by Gasteiger charge is -2.30. The van der Waals surface area contributed by atoms with Crippen molar-refractivity contribution in [1.29, 1.82) is 0 Å². The molecule has 0 aromatic carbocycles. The summed E-state index contributed by atoms with van der Waals surface area (Å²) in [6.45, 7) is 12.4. The molecule has 0 heterocycles. The van der Waals surface area contributed by atoms with Crippen LogP contribution in [0.25, 0.3) is 0 Å². The highest BCUT2D eigenvalue weighted by Gasteiger charge is 2.19. The van der Waals surface area contributed by atoms with Crippen molar-refractivity contribution < 1.29 is 9.84 Å². The fourth-order valence-electron chi connectivity index (χ4n) is 0.919. The molecule has 1 N–H and O–H groups in total. The molecule has 0 saturated carbocycles. The molecule has 2 nitrogen and oxygen atoms in total. The van der Waals surface area contributed by atoms with E-state index in [4.69, 9.17) is 9.84 Å². The first-order valence-corrected chi connectivity index (χ1v) is 3.86. The number of ether oxygens (including phenoxy) is 1. The lowest BCUT2D eigenvalue weighted by atomic mass is 10.1. The third-order valence-corrected chi connectivity index (χ3v) is 0.612. The summed E-state index contributed by atoms with van der Waals surface area (Å²) in [4.78, 5) is 0. The van der Waals surface area contributed by atoms with Gasteiger partial charge >= 0.3 is 0 Å². The van der Waals surface area contributed by atoms with Crippen LogP contribution in [-0.4, -0.2) is 23.4 Å². The Balaban J connectivity index is -0.000000249. The van der Waals surface area contributed by atoms with Gasteiger partial charge in [0.25, 0.3) is 0 Å². The van der Waals surface area contributed by atoms with Gasteiger partial charge in [-0.2, -0.15) is 0 Å². The molecule has 0 radical (unpaired) electrons. The zero-order valence-electron chi connectivity index (χ0n) is 8.86. The predicted octanol–water partition coefficient (Wildman–Crippen LogP) is 2.84. The topological polar surface area (TPSA) is 29.5 Å². The van der Waals surface area contributed by atoms with Crippen LogP contribution in [-0.2, 0) is 4.74 Å². The van der Waals surface area contributed by atoms with E-state index in [1.54, 1.807) is 0 Å². The van der Waals surface area contributed by atoms with E-state index >= 15 is 0 Å². The summed E-state index contributed by atoms with van der Waals surface area (Å²) >= 11 is 0. The van der Waals surface area contributed by atoms with E-state index in [0.29, 0.717) is 0 Å². The molecular weight excluding hydrogens is 152 g/mol. The van der Waals surface area contributed by atoms with Gasteiger partial charge in [0, 0.05) is 7.11 Å². The van der Waals surface area contributed by atoms with Gasteiger partial charge in [-0.1, -0.05) is 7.43 Å². The van der Waals surface area contributed by atoms with Gasteiger partial charge in [0.1, 0.15) is 0 Å². The summed E-state index contributed by atoms with van der Waals surface area (Å²) < 4.78 is 5.62. The molecule has 0 spiro atoms. The van der Waals surface area contributed by atoms with Crippen LogP contribution in [0.4, 0.5) is 0 Å². The van der Waals surface area contributed by atoms with Crippen molar-refractivity contribution in [2.45, 2.75) is 60.2 Å². The minimum atomic E-state index is -0.0156. The molecule has 0 atom stereocenters. The minimum absolute atomic E-state index is 0. The maximum Gasteiger partial charge on any atom is 0.0605 e. The third kappa shape index (κ3) is 22.5. The highest BCUT2D eigenvalue weighted by Crippen LogP contribution is 2.17. The Bertz CT molecular complexity index is 73.0. The molecular formula is C10H26O2. The quantitative estimate of drug-likeness (QED) is 0.618. The van der Waals surface area contributed by atoms with Crippen LogP contribution in [0.2, 0.25) is 0 Å². The van der Waals surface area contributed by atoms with Crippen molar-refractivity contribution in [3.63, 3.8) is 0 Å². The van der Waals surface area contributed by atoms with Crippen molar-refractivity contribution in [3.05, 3.63) is 0 Å². The maximum atomic E-state index is 7.00. The van der Waals surface area contributed by atoms with E-state index in [0.717, 1.165) is 7.11 Å². The molecule has 0 unspecified atom stereocenters. The summed E-state index contributed by atoms with van der Waals surface area (Å²) in [7, 11) is 1.00. The van der Waals surface area contributed by atoms with Crippen molar-refractivity contribution in [3.8, 4) is 0 Å². The second-order valence-corrected chi connectivity index (χ2v) is 4.33. The first-order chi connectivity index (χ1) is 4.71. The zero-order chi connectivity index (χ0) is 9.71. The normalized spacial score (nSPS) is 11.0. The van der Waals surface area contributed by atoms with Crippen molar-refractivity contribution >= 4 is 0 Å². The van der Waals surface area contributed by atoms with Gasteiger partial charge in [-0.15, -0.1) is 0 Å². The van der Waals surface area contributed by atoms with Crippen LogP contribution in [0, 0.1) is 0 Å². The SMILES string of the molecule is C.CC(C)(C)OC(C)(C)C.CO. The molecule has 0 aliphatic heterocycles. The summed E-state index contributed by atoms with van der Waals surface area (Å²) in [5.74, 6) is 0. The number of aliphatic hydroxyl groups is 1. The van der Waals surface area contributed by atoms with Gasteiger partial charge < -0.3 is 9.84 Å². The Hall–Kier alpha value is -0.0800. The number of hydrogen-bond acceptors (Lipinski definition) is 2. The molecule has 0 bridgehead atoms. The molecule has 0 amide bonds. The van der Waals surface area contributed by atoms with Crippen LogP contribution >= 0.6 is 0 Å². The monoisotopic (exact) mass is 178 g/mol. The summed E-state index contributed by atoms with van der Waals surface area (Å²) in [6, 6.07) is 0. The third-order valence-electron chi connectivity index (χ3n) is 0.612. The van der Waals surface area contributed by atoms with Gasteiger partial charge in [0.15, 0.2) is 0 Å². The Kier molecular flexibility index (Phi) is 9.58. The number of aliphatic hydroxyl groups excluding tert-OH is 1. The molecule has 2 heteroatoms. The van der Waals surface area contributed by atoms with Gasteiger partial charge in [0.05, 0.1) is 11.2 Å². The molecule has 0 aromatic heterocycles. The fourth-order valence-corrected chi connectivity index (χ4v) is 0.919. The van der Waals surface area contributed by atoms with E-state index in [1.807, 2.05) is 0 Å². The van der Waals surface area contributed by atoms with Gasteiger partial charge in [0.2, 0.25) is 0 Å². The largest absolute Gasteiger partial charge is 0.400 e. The van der Waals surface area contributed by atoms with Crippen LogP contribution in [0.1, 0.15) is 49.0 Å². The van der Waals surface area contributed by atoms with Crippen molar-refractivity contribution in [2.75, 3.05) is 7.11 Å². The summed E-state index contributed by atoms with van der Waals surface area (Å²) in [5, 5.41) is 7.00. The molecule has 0 rings (SSSR count). The lowest BCUT2D eigenvalue weighted by Crippen LogP contribution is -2.31. The molecule has 0 fully saturated rings. The highest BCUT2D eigenvalue weighted by molar-refractivity contribution is 4.68. The van der Waals surface area contributed by atoms with E-state index in [-0.39, 0.29) is 18.6 Å². The Morgan fingerprint density at radius 1 is 0.750 bits per heavy atom. The van der Waals surface area contributed by atoms with Crippen LogP contribution < -0.4 is 0 Å². The fraction of sp³-hybridized carbons (Fsp3) is 1.00. The zero-order valence-corrected chi connectivity index (χ0v) is 8.86. The highest BCUT2D eigenvalue weighted by atomic mass is 16.5. The second-order valence-electron chi connectivity index (χ2n) is 4.33. The second kappa shape index (κ2) is 6.44. The Morgan fingerprint density at radius 3 is 0.917 bits per heavy atom. The average molecular weight is 178 g/mol. The van der Waals surface area contributed by atoms with Crippen molar-refractivity contribution in [1.82, 2.24) is 0 Å². The number of hydrogen-bond donors (Lipinski definition) is 1. The smallest absolute Gasteiger partial charge is 0.0605 e. The molecule has 0 aromatic rings. The molecule has 0 aliphatic carbocycles. The molecule has 0 saturated heterocycles. The van der Waals surface area contributed by atoms with Gasteiger partial charge in [-0.3, -0.25) is 0 Å². The standard InChI is InChI=1S/C8H18O.CH4O.CH4/c1-7(2,3)9-8(4,5)6;1-2;/h1-6H3;2H,1H3;1H4. The summed E-state index contributed by atoms with van der Waals surface area (Å²) in [5.41, 5.74) is -0.0312. The van der Waals surface area contributed by atoms with E-state index in [2.05, 4.69) is 41.5 Å². The number of rotatable bonds is 0. The lowest BCUT2D eigenvalue weighted by molar-refractivity contribution is -0.102. The molecule has 12 heavy (non-hydrogen) atoms. The van der Waals surface area contributed by atoms with Crippen LogP contribution in [0.15, 0.2) is 0 Å². The first kappa shape index (κ1) is 17.9. The van der Waals surface area contributed by atoms with Crippen molar-refractivity contribution in [2.24, 2.45) is 0 Å². The Morgan fingerprint density at radius 2 is 0.917 bits per heavy atom. The minimum Gasteiger partial charge on any atom is -0.400 e. The van der Waals surface area contributed by atoms with E-state index in [1.165, 1.54) is 0 Å². The summed E-state index contributed by atoms with van der Waals surface area (Å²) in [6.07, 6.45) is 0. The Labute approximate surface area is 77.9 Å². The van der Waals surface area contributed by atoms with E-state index < -0.39 is 0 Å². The first-order valence-electron chi connectivity index (χ1n) is 3.86. The predicted molar refractivity (Wildman–Crippen MR) is 55.5 cm³/mol. The van der Waals surface area contributed by atoms with Gasteiger partial charge in [-0.05, 0) is 41.5 Å².